The Labute approximate surface area is 123 Å². The lowest BCUT2D eigenvalue weighted by Gasteiger charge is -2.22. The Kier molecular flexibility index (Phi) is 4.47. The maximum atomic E-state index is 12.1. The Bertz CT molecular complexity index is 496. The highest BCUT2D eigenvalue weighted by molar-refractivity contribution is 8.00. The van der Waals surface area contributed by atoms with E-state index in [0.717, 1.165) is 12.0 Å². The molecule has 102 valence electrons. The third-order valence-corrected chi connectivity index (χ3v) is 5.11. The average Bonchev–Trinajstić information content (AvgIpc) is 2.83. The molecule has 1 unspecified atom stereocenters. The number of hydrogen-bond donors (Lipinski definition) is 2. The second kappa shape index (κ2) is 5.92. The molecule has 5 heteroatoms. The minimum atomic E-state index is -0.0631. The molecule has 1 fully saturated rings. The second-order valence-electron chi connectivity index (χ2n) is 5.03. The van der Waals surface area contributed by atoms with Crippen molar-refractivity contribution >= 4 is 34.9 Å². The van der Waals surface area contributed by atoms with E-state index in [1.54, 1.807) is 18.2 Å². The molecule has 1 aromatic rings. The zero-order valence-electron chi connectivity index (χ0n) is 10.9. The van der Waals surface area contributed by atoms with E-state index in [4.69, 9.17) is 18.0 Å². The Morgan fingerprint density at radius 1 is 1.53 bits per heavy atom. The number of thiocarbonyl (C=S) groups is 1. The lowest BCUT2D eigenvalue weighted by Crippen LogP contribution is -2.36. The third kappa shape index (κ3) is 3.70. The van der Waals surface area contributed by atoms with E-state index in [-0.39, 0.29) is 10.7 Å². The maximum absolute atomic E-state index is 12.1. The number of hydrogen-bond acceptors (Lipinski definition) is 3. The molecule has 1 aliphatic heterocycles. The van der Waals surface area contributed by atoms with Crippen molar-refractivity contribution in [2.75, 3.05) is 12.3 Å². The van der Waals surface area contributed by atoms with Crippen LogP contribution in [-0.4, -0.2) is 27.9 Å². The summed E-state index contributed by atoms with van der Waals surface area (Å²) in [7, 11) is 0. The van der Waals surface area contributed by atoms with Gasteiger partial charge in [-0.15, -0.1) is 0 Å². The summed E-state index contributed by atoms with van der Waals surface area (Å²) in [6, 6.07) is 7.13. The van der Waals surface area contributed by atoms with Gasteiger partial charge in [-0.05, 0) is 37.7 Å². The normalized spacial score (nSPS) is 22.2. The zero-order chi connectivity index (χ0) is 13.9. The summed E-state index contributed by atoms with van der Waals surface area (Å²) in [5, 5.41) is 3.00. The van der Waals surface area contributed by atoms with Gasteiger partial charge < -0.3 is 11.1 Å². The van der Waals surface area contributed by atoms with Gasteiger partial charge >= 0.3 is 0 Å². The molecule has 1 aromatic carbocycles. The van der Waals surface area contributed by atoms with Crippen molar-refractivity contribution in [1.82, 2.24) is 5.32 Å². The van der Waals surface area contributed by atoms with Crippen LogP contribution in [0.25, 0.3) is 0 Å². The largest absolute Gasteiger partial charge is 0.389 e. The summed E-state index contributed by atoms with van der Waals surface area (Å²) in [6.45, 7) is 2.91. The number of nitrogens with one attached hydrogen (secondary N) is 1. The quantitative estimate of drug-likeness (QED) is 0.837. The van der Waals surface area contributed by atoms with Crippen molar-refractivity contribution in [1.29, 1.82) is 0 Å². The van der Waals surface area contributed by atoms with E-state index in [9.17, 15) is 4.79 Å². The molecule has 19 heavy (non-hydrogen) atoms. The Balaban J connectivity index is 1.99. The number of rotatable bonds is 4. The van der Waals surface area contributed by atoms with Gasteiger partial charge in [0.05, 0.1) is 0 Å². The number of benzene rings is 1. The van der Waals surface area contributed by atoms with Gasteiger partial charge in [-0.2, -0.15) is 11.8 Å². The first-order valence-corrected chi connectivity index (χ1v) is 7.72. The zero-order valence-corrected chi connectivity index (χ0v) is 12.6. The molecule has 2 rings (SSSR count). The molecule has 0 aliphatic carbocycles. The van der Waals surface area contributed by atoms with Crippen molar-refractivity contribution in [3.63, 3.8) is 0 Å². The summed E-state index contributed by atoms with van der Waals surface area (Å²) in [4.78, 5) is 12.4. The average molecular weight is 294 g/mol. The van der Waals surface area contributed by atoms with Gasteiger partial charge in [0.25, 0.3) is 5.91 Å². The van der Waals surface area contributed by atoms with Gasteiger partial charge in [-0.1, -0.05) is 24.4 Å². The van der Waals surface area contributed by atoms with Crippen LogP contribution in [-0.2, 0) is 0 Å². The predicted octanol–water partition coefficient (Wildman–Crippen LogP) is 2.34. The fraction of sp³-hybridized carbons (Fsp3) is 0.429. The summed E-state index contributed by atoms with van der Waals surface area (Å²) in [6.07, 6.45) is 2.39. The number of amides is 1. The van der Waals surface area contributed by atoms with E-state index in [0.29, 0.717) is 17.1 Å². The maximum Gasteiger partial charge on any atom is 0.251 e. The van der Waals surface area contributed by atoms with Crippen LogP contribution >= 0.6 is 24.0 Å². The summed E-state index contributed by atoms with van der Waals surface area (Å²) in [5.74, 6) is 1.12. The molecule has 0 spiro atoms. The van der Waals surface area contributed by atoms with Crippen molar-refractivity contribution < 1.29 is 4.79 Å². The topological polar surface area (TPSA) is 55.1 Å². The first-order chi connectivity index (χ1) is 9.00. The highest BCUT2D eigenvalue weighted by atomic mass is 32.2. The van der Waals surface area contributed by atoms with E-state index >= 15 is 0 Å². The lowest BCUT2D eigenvalue weighted by molar-refractivity contribution is 0.0950. The predicted molar refractivity (Wildman–Crippen MR) is 84.8 cm³/mol. The molecule has 3 nitrogen and oxygen atoms in total. The van der Waals surface area contributed by atoms with Gasteiger partial charge in [-0.25, -0.2) is 0 Å². The monoisotopic (exact) mass is 294 g/mol. The van der Waals surface area contributed by atoms with Crippen LogP contribution in [0.2, 0.25) is 0 Å². The van der Waals surface area contributed by atoms with Crippen LogP contribution < -0.4 is 11.1 Å². The second-order valence-corrected chi connectivity index (χ2v) is 7.15. The fourth-order valence-electron chi connectivity index (χ4n) is 2.16. The molecule has 0 aromatic heterocycles. The van der Waals surface area contributed by atoms with Crippen molar-refractivity contribution in [2.24, 2.45) is 5.73 Å². The van der Waals surface area contributed by atoms with Gasteiger partial charge in [-0.3, -0.25) is 4.79 Å². The van der Waals surface area contributed by atoms with Crippen molar-refractivity contribution in [3.8, 4) is 0 Å². The molecular formula is C14H18N2OS2. The summed E-state index contributed by atoms with van der Waals surface area (Å²) in [5.41, 5.74) is 6.91. The molecule has 1 aliphatic rings. The minimum absolute atomic E-state index is 0.0631. The highest BCUT2D eigenvalue weighted by Crippen LogP contribution is 2.36. The van der Waals surface area contributed by atoms with E-state index in [2.05, 4.69) is 12.2 Å². The van der Waals surface area contributed by atoms with Gasteiger partial charge in [0.15, 0.2) is 0 Å². The van der Waals surface area contributed by atoms with Crippen molar-refractivity contribution in [3.05, 3.63) is 35.4 Å². The van der Waals surface area contributed by atoms with Gasteiger partial charge in [0.1, 0.15) is 4.99 Å². The third-order valence-electron chi connectivity index (χ3n) is 3.33. The van der Waals surface area contributed by atoms with Crippen LogP contribution in [0.5, 0.6) is 0 Å². The van der Waals surface area contributed by atoms with E-state index in [1.165, 1.54) is 12.2 Å². The molecule has 0 radical (unpaired) electrons. The Morgan fingerprint density at radius 3 is 2.89 bits per heavy atom. The number of carbonyl (C=O) groups excluding carboxylic acids is 1. The molecule has 1 saturated heterocycles. The van der Waals surface area contributed by atoms with Crippen LogP contribution in [0.15, 0.2) is 24.3 Å². The van der Waals surface area contributed by atoms with E-state index in [1.807, 2.05) is 17.8 Å². The number of thioether (sulfide) groups is 1. The minimum Gasteiger partial charge on any atom is -0.389 e. The molecular weight excluding hydrogens is 276 g/mol. The number of nitrogens with two attached hydrogens (primary N) is 1. The van der Waals surface area contributed by atoms with Crippen LogP contribution in [0.4, 0.5) is 0 Å². The van der Waals surface area contributed by atoms with E-state index < -0.39 is 0 Å². The van der Waals surface area contributed by atoms with Crippen LogP contribution in [0, 0.1) is 0 Å². The SMILES string of the molecule is CC1(CNC(=O)c2cccc(C(N)=S)c2)CCCS1. The molecule has 1 atom stereocenters. The Hall–Kier alpha value is -1.07. The summed E-state index contributed by atoms with van der Waals surface area (Å²) < 4.78 is 0.177. The number of carbonyl (C=O) groups is 1. The fourth-order valence-corrected chi connectivity index (χ4v) is 3.53. The molecule has 3 N–H and O–H groups in total. The lowest BCUT2D eigenvalue weighted by atomic mass is 10.1. The van der Waals surface area contributed by atoms with Crippen molar-refractivity contribution in [2.45, 2.75) is 24.5 Å². The smallest absolute Gasteiger partial charge is 0.251 e. The summed E-state index contributed by atoms with van der Waals surface area (Å²) >= 11 is 6.86. The molecule has 0 bridgehead atoms. The molecule has 1 heterocycles. The first kappa shape index (κ1) is 14.3. The first-order valence-electron chi connectivity index (χ1n) is 6.32. The van der Waals surface area contributed by atoms with Crippen LogP contribution in [0.1, 0.15) is 35.7 Å². The highest BCUT2D eigenvalue weighted by Gasteiger charge is 2.29. The van der Waals surface area contributed by atoms with Gasteiger partial charge in [0.2, 0.25) is 0 Å². The van der Waals surface area contributed by atoms with Gasteiger partial charge in [0, 0.05) is 22.4 Å². The Morgan fingerprint density at radius 2 is 2.26 bits per heavy atom. The molecule has 0 saturated carbocycles. The molecule has 1 amide bonds. The van der Waals surface area contributed by atoms with Crippen LogP contribution in [0.3, 0.4) is 0 Å². The standard InChI is InChI=1S/C14H18N2OS2/c1-14(6-3-7-19-14)9-16-13(17)11-5-2-4-10(8-11)12(15)18/h2,4-5,8H,3,6-7,9H2,1H3,(H2,15,18)(H,16,17).